The molecule has 1 unspecified atom stereocenters. The lowest BCUT2D eigenvalue weighted by molar-refractivity contribution is 0.0951. The molecule has 0 aliphatic carbocycles. The van der Waals surface area contributed by atoms with E-state index in [9.17, 15) is 4.79 Å². The van der Waals surface area contributed by atoms with Crippen molar-refractivity contribution >= 4 is 16.8 Å². The number of amides is 1. The van der Waals surface area contributed by atoms with E-state index in [0.29, 0.717) is 35.1 Å². The molecule has 4 aromatic rings. The molecule has 2 N–H and O–H groups in total. The Kier molecular flexibility index (Phi) is 6.92. The SMILES string of the molecule is COc1cc(OC)cc(C(=O)NCC(c2cccc(OC)c2OC)c2c[nH]c3ccccc23)c1. The fraction of sp³-hybridized carbons (Fsp3) is 0.222. The lowest BCUT2D eigenvalue weighted by Crippen LogP contribution is -2.29. The van der Waals surface area contributed by atoms with Crippen LogP contribution in [0, 0.1) is 0 Å². The lowest BCUT2D eigenvalue weighted by atomic mass is 9.89. The van der Waals surface area contributed by atoms with Gasteiger partial charge in [0.25, 0.3) is 5.91 Å². The molecule has 0 radical (unpaired) electrons. The number of ether oxygens (including phenoxy) is 4. The van der Waals surface area contributed by atoms with Gasteiger partial charge in [-0.05, 0) is 29.8 Å². The van der Waals surface area contributed by atoms with Gasteiger partial charge in [-0.1, -0.05) is 30.3 Å². The van der Waals surface area contributed by atoms with Gasteiger partial charge in [0.05, 0.1) is 28.4 Å². The Balaban J connectivity index is 1.73. The number of aromatic nitrogens is 1. The van der Waals surface area contributed by atoms with E-state index in [1.165, 1.54) is 0 Å². The fourth-order valence-electron chi connectivity index (χ4n) is 4.19. The van der Waals surface area contributed by atoms with Gasteiger partial charge in [0, 0.05) is 46.8 Å². The number of carbonyl (C=O) groups excluding carboxylic acids is 1. The highest BCUT2D eigenvalue weighted by atomic mass is 16.5. The number of fused-ring (bicyclic) bond motifs is 1. The Hall–Kier alpha value is -4.13. The maximum absolute atomic E-state index is 13.1. The van der Waals surface area contributed by atoms with Gasteiger partial charge in [0.15, 0.2) is 11.5 Å². The van der Waals surface area contributed by atoms with Crippen LogP contribution in [-0.4, -0.2) is 45.9 Å². The van der Waals surface area contributed by atoms with Crippen molar-refractivity contribution in [1.29, 1.82) is 0 Å². The summed E-state index contributed by atoms with van der Waals surface area (Å²) in [5, 5.41) is 4.16. The Morgan fingerprint density at radius 1 is 0.853 bits per heavy atom. The van der Waals surface area contributed by atoms with Crippen LogP contribution in [0.25, 0.3) is 10.9 Å². The minimum Gasteiger partial charge on any atom is -0.497 e. The summed E-state index contributed by atoms with van der Waals surface area (Å²) in [4.78, 5) is 16.5. The van der Waals surface area contributed by atoms with E-state index >= 15 is 0 Å². The summed E-state index contributed by atoms with van der Waals surface area (Å²) in [6.45, 7) is 0.337. The number of rotatable bonds is 9. The summed E-state index contributed by atoms with van der Waals surface area (Å²) in [6.07, 6.45) is 1.98. The molecule has 1 atom stereocenters. The molecule has 0 saturated carbocycles. The Morgan fingerprint density at radius 3 is 2.26 bits per heavy atom. The predicted molar refractivity (Wildman–Crippen MR) is 132 cm³/mol. The maximum Gasteiger partial charge on any atom is 0.251 e. The molecule has 1 amide bonds. The van der Waals surface area contributed by atoms with E-state index in [4.69, 9.17) is 18.9 Å². The third kappa shape index (κ3) is 4.50. The molecule has 1 aromatic heterocycles. The first kappa shape index (κ1) is 23.0. The molecule has 0 aliphatic rings. The Bertz CT molecular complexity index is 1280. The molecule has 7 nitrogen and oxygen atoms in total. The fourth-order valence-corrected chi connectivity index (χ4v) is 4.19. The van der Waals surface area contributed by atoms with Crippen molar-refractivity contribution in [3.05, 3.63) is 83.6 Å². The van der Waals surface area contributed by atoms with Gasteiger partial charge in [-0.3, -0.25) is 4.79 Å². The van der Waals surface area contributed by atoms with E-state index in [1.54, 1.807) is 46.6 Å². The number of aromatic amines is 1. The van der Waals surface area contributed by atoms with Gasteiger partial charge in [0.2, 0.25) is 0 Å². The average molecular weight is 461 g/mol. The molecule has 34 heavy (non-hydrogen) atoms. The zero-order chi connectivity index (χ0) is 24.1. The molecular formula is C27H28N2O5. The minimum atomic E-state index is -0.232. The average Bonchev–Trinajstić information content (AvgIpc) is 3.32. The summed E-state index contributed by atoms with van der Waals surface area (Å²) in [7, 11) is 6.34. The second kappa shape index (κ2) is 10.2. The van der Waals surface area contributed by atoms with Crippen LogP contribution in [-0.2, 0) is 0 Å². The molecule has 4 rings (SSSR count). The molecule has 7 heteroatoms. The van der Waals surface area contributed by atoms with Crippen LogP contribution in [0.15, 0.2) is 66.9 Å². The predicted octanol–water partition coefficient (Wildman–Crippen LogP) is 4.76. The zero-order valence-corrected chi connectivity index (χ0v) is 19.7. The van der Waals surface area contributed by atoms with Crippen LogP contribution in [0.2, 0.25) is 0 Å². The monoisotopic (exact) mass is 460 g/mol. The Labute approximate surface area is 198 Å². The first-order chi connectivity index (χ1) is 16.6. The third-order valence-corrected chi connectivity index (χ3v) is 5.89. The zero-order valence-electron chi connectivity index (χ0n) is 19.7. The van der Waals surface area contributed by atoms with E-state index in [2.05, 4.69) is 16.4 Å². The standard InChI is InChI=1S/C27H28N2O5/c1-31-18-12-17(13-19(14-18)32-2)27(30)29-16-23(21-9-7-11-25(33-3)26(21)34-4)22-15-28-24-10-6-5-8-20(22)24/h5-15,23,28H,16H2,1-4H3,(H,29,30). The molecule has 0 saturated heterocycles. The first-order valence-electron chi connectivity index (χ1n) is 10.9. The third-order valence-electron chi connectivity index (χ3n) is 5.89. The second-order valence-electron chi connectivity index (χ2n) is 7.74. The molecule has 0 bridgehead atoms. The summed E-state index contributed by atoms with van der Waals surface area (Å²) >= 11 is 0. The van der Waals surface area contributed by atoms with Crippen molar-refractivity contribution in [1.82, 2.24) is 10.3 Å². The molecule has 1 heterocycles. The van der Waals surface area contributed by atoms with Crippen molar-refractivity contribution in [2.24, 2.45) is 0 Å². The van der Waals surface area contributed by atoms with Gasteiger partial charge in [0.1, 0.15) is 11.5 Å². The van der Waals surface area contributed by atoms with Gasteiger partial charge in [-0.2, -0.15) is 0 Å². The van der Waals surface area contributed by atoms with Gasteiger partial charge in [-0.25, -0.2) is 0 Å². The highest BCUT2D eigenvalue weighted by Crippen LogP contribution is 2.40. The molecule has 0 aliphatic heterocycles. The van der Waals surface area contributed by atoms with Crippen LogP contribution in [0.5, 0.6) is 23.0 Å². The van der Waals surface area contributed by atoms with Gasteiger partial charge >= 0.3 is 0 Å². The number of H-pyrrole nitrogens is 1. The molecule has 0 spiro atoms. The van der Waals surface area contributed by atoms with Crippen LogP contribution >= 0.6 is 0 Å². The number of hydrogen-bond acceptors (Lipinski definition) is 5. The van der Waals surface area contributed by atoms with E-state index in [1.807, 2.05) is 42.6 Å². The normalized spacial score (nSPS) is 11.6. The van der Waals surface area contributed by atoms with Crippen molar-refractivity contribution in [3.8, 4) is 23.0 Å². The Morgan fingerprint density at radius 2 is 1.59 bits per heavy atom. The number of carbonyl (C=O) groups is 1. The smallest absolute Gasteiger partial charge is 0.251 e. The van der Waals surface area contributed by atoms with Crippen molar-refractivity contribution in [2.75, 3.05) is 35.0 Å². The van der Waals surface area contributed by atoms with Crippen molar-refractivity contribution in [3.63, 3.8) is 0 Å². The number of para-hydroxylation sites is 2. The van der Waals surface area contributed by atoms with E-state index < -0.39 is 0 Å². The van der Waals surface area contributed by atoms with Gasteiger partial charge < -0.3 is 29.2 Å². The van der Waals surface area contributed by atoms with Crippen molar-refractivity contribution in [2.45, 2.75) is 5.92 Å². The highest BCUT2D eigenvalue weighted by Gasteiger charge is 2.24. The van der Waals surface area contributed by atoms with Crippen LogP contribution < -0.4 is 24.3 Å². The molecule has 3 aromatic carbocycles. The number of benzene rings is 3. The highest BCUT2D eigenvalue weighted by molar-refractivity contribution is 5.95. The first-order valence-corrected chi connectivity index (χ1v) is 10.9. The largest absolute Gasteiger partial charge is 0.497 e. The van der Waals surface area contributed by atoms with Gasteiger partial charge in [-0.15, -0.1) is 0 Å². The summed E-state index contributed by atoms with van der Waals surface area (Å²) in [5.41, 5.74) is 3.43. The minimum absolute atomic E-state index is 0.197. The molecule has 0 fully saturated rings. The molecular weight excluding hydrogens is 432 g/mol. The summed E-state index contributed by atoms with van der Waals surface area (Å²) in [5.74, 6) is 1.94. The quantitative estimate of drug-likeness (QED) is 0.376. The second-order valence-corrected chi connectivity index (χ2v) is 7.74. The van der Waals surface area contributed by atoms with Crippen LogP contribution in [0.4, 0.5) is 0 Å². The number of methoxy groups -OCH3 is 4. The summed E-state index contributed by atoms with van der Waals surface area (Å²) in [6, 6.07) is 19.0. The van der Waals surface area contributed by atoms with Crippen LogP contribution in [0.1, 0.15) is 27.4 Å². The maximum atomic E-state index is 13.1. The van der Waals surface area contributed by atoms with Crippen LogP contribution in [0.3, 0.4) is 0 Å². The molecule has 176 valence electrons. The number of nitrogens with one attached hydrogen (secondary N) is 2. The van der Waals surface area contributed by atoms with Crippen molar-refractivity contribution < 1.29 is 23.7 Å². The summed E-state index contributed by atoms with van der Waals surface area (Å²) < 4.78 is 21.9. The number of hydrogen-bond donors (Lipinski definition) is 2. The topological polar surface area (TPSA) is 81.8 Å². The van der Waals surface area contributed by atoms with E-state index in [0.717, 1.165) is 22.0 Å². The lowest BCUT2D eigenvalue weighted by Gasteiger charge is -2.22. The van der Waals surface area contributed by atoms with E-state index in [-0.39, 0.29) is 11.8 Å².